The third-order valence-corrected chi connectivity index (χ3v) is 4.05. The first kappa shape index (κ1) is 17.4. The van der Waals surface area contributed by atoms with Crippen molar-refractivity contribution in [2.75, 3.05) is 26.2 Å². The molecule has 0 bridgehead atoms. The lowest BCUT2D eigenvalue weighted by atomic mass is 9.92. The van der Waals surface area contributed by atoms with Gasteiger partial charge < -0.3 is 15.2 Å². The molecule has 3 unspecified atom stereocenters. The Morgan fingerprint density at radius 2 is 2.30 bits per heavy atom. The second-order valence-corrected chi connectivity index (χ2v) is 6.15. The van der Waals surface area contributed by atoms with Crippen molar-refractivity contribution in [1.29, 1.82) is 0 Å². The summed E-state index contributed by atoms with van der Waals surface area (Å²) in [5, 5.41) is 12.7. The van der Waals surface area contributed by atoms with Gasteiger partial charge in [0.15, 0.2) is 0 Å². The quantitative estimate of drug-likeness (QED) is 0.746. The minimum absolute atomic E-state index is 0.222. The van der Waals surface area contributed by atoms with Crippen LogP contribution in [0.25, 0.3) is 0 Å². The van der Waals surface area contributed by atoms with Gasteiger partial charge >= 0.3 is 5.97 Å². The van der Waals surface area contributed by atoms with Crippen molar-refractivity contribution < 1.29 is 14.6 Å². The maximum absolute atomic E-state index is 11.6. The van der Waals surface area contributed by atoms with E-state index in [0.717, 1.165) is 39.1 Å². The fourth-order valence-electron chi connectivity index (χ4n) is 2.78. The van der Waals surface area contributed by atoms with Crippen molar-refractivity contribution in [2.45, 2.75) is 64.6 Å². The predicted molar refractivity (Wildman–Crippen MR) is 80.0 cm³/mol. The van der Waals surface area contributed by atoms with Gasteiger partial charge in [-0.1, -0.05) is 6.92 Å². The summed E-state index contributed by atoms with van der Waals surface area (Å²) in [5.41, 5.74) is -0.855. The van der Waals surface area contributed by atoms with Crippen molar-refractivity contribution in [1.82, 2.24) is 10.2 Å². The Morgan fingerprint density at radius 3 is 2.90 bits per heavy atom. The molecule has 0 aliphatic carbocycles. The van der Waals surface area contributed by atoms with Crippen LogP contribution in [0.2, 0.25) is 0 Å². The summed E-state index contributed by atoms with van der Waals surface area (Å²) >= 11 is 0. The van der Waals surface area contributed by atoms with E-state index in [4.69, 9.17) is 4.74 Å². The monoisotopic (exact) mass is 286 g/mol. The van der Waals surface area contributed by atoms with Crippen LogP contribution >= 0.6 is 0 Å². The van der Waals surface area contributed by atoms with Crippen LogP contribution in [0.3, 0.4) is 0 Å². The molecule has 0 radical (unpaired) electrons. The number of aliphatic carboxylic acids is 1. The smallest absolute Gasteiger partial charge is 0.323 e. The van der Waals surface area contributed by atoms with Crippen molar-refractivity contribution >= 4 is 5.97 Å². The first-order valence-corrected chi connectivity index (χ1v) is 7.73. The van der Waals surface area contributed by atoms with Crippen LogP contribution in [0.4, 0.5) is 0 Å². The van der Waals surface area contributed by atoms with Gasteiger partial charge in [-0.3, -0.25) is 9.69 Å². The largest absolute Gasteiger partial charge is 0.480 e. The van der Waals surface area contributed by atoms with E-state index >= 15 is 0 Å². The number of carboxylic acids is 1. The van der Waals surface area contributed by atoms with Gasteiger partial charge in [0.25, 0.3) is 0 Å². The number of nitrogens with zero attached hydrogens (tertiary/aromatic N) is 1. The highest BCUT2D eigenvalue weighted by Gasteiger charge is 2.35. The first-order chi connectivity index (χ1) is 9.39. The third kappa shape index (κ3) is 5.04. The standard InChI is InChI=1S/C15H30N2O3/c1-5-7-16-15(4,14(18)19)10-12(2)17-8-6-9-20-13(3)11-17/h12-13,16H,5-11H2,1-4H3,(H,18,19). The lowest BCUT2D eigenvalue weighted by Gasteiger charge is -2.35. The van der Waals surface area contributed by atoms with Gasteiger partial charge in [0.05, 0.1) is 6.10 Å². The number of hydrogen-bond acceptors (Lipinski definition) is 4. The van der Waals surface area contributed by atoms with Gasteiger partial charge in [-0.05, 0) is 46.6 Å². The zero-order chi connectivity index (χ0) is 15.2. The van der Waals surface area contributed by atoms with Crippen LogP contribution in [0, 0.1) is 0 Å². The van der Waals surface area contributed by atoms with E-state index in [1.165, 1.54) is 0 Å². The summed E-state index contributed by atoms with van der Waals surface area (Å²) in [6.45, 7) is 11.4. The molecule has 0 aromatic carbocycles. The Labute approximate surface area is 122 Å². The molecule has 1 aliphatic heterocycles. The average molecular weight is 286 g/mol. The van der Waals surface area contributed by atoms with E-state index in [1.807, 2.05) is 6.92 Å². The van der Waals surface area contributed by atoms with Gasteiger partial charge in [0, 0.05) is 25.7 Å². The predicted octanol–water partition coefficient (Wildman–Crippen LogP) is 1.72. The molecule has 0 amide bonds. The molecule has 0 spiro atoms. The molecule has 1 saturated heterocycles. The Morgan fingerprint density at radius 1 is 1.60 bits per heavy atom. The molecule has 0 aromatic rings. The molecule has 118 valence electrons. The molecule has 1 fully saturated rings. The fraction of sp³-hybridized carbons (Fsp3) is 0.933. The second-order valence-electron chi connectivity index (χ2n) is 6.15. The van der Waals surface area contributed by atoms with Crippen LogP contribution in [0.15, 0.2) is 0 Å². The third-order valence-electron chi connectivity index (χ3n) is 4.05. The molecule has 20 heavy (non-hydrogen) atoms. The van der Waals surface area contributed by atoms with Crippen molar-refractivity contribution in [3.8, 4) is 0 Å². The zero-order valence-electron chi connectivity index (χ0n) is 13.3. The number of ether oxygens (including phenoxy) is 1. The normalized spacial score (nSPS) is 25.7. The summed E-state index contributed by atoms with van der Waals surface area (Å²) in [6.07, 6.45) is 2.78. The average Bonchev–Trinajstić information content (AvgIpc) is 2.61. The van der Waals surface area contributed by atoms with Crippen molar-refractivity contribution in [3.63, 3.8) is 0 Å². The molecule has 3 atom stereocenters. The van der Waals surface area contributed by atoms with Crippen molar-refractivity contribution in [3.05, 3.63) is 0 Å². The van der Waals surface area contributed by atoms with E-state index in [9.17, 15) is 9.90 Å². The van der Waals surface area contributed by atoms with E-state index < -0.39 is 11.5 Å². The van der Waals surface area contributed by atoms with Gasteiger partial charge in [-0.25, -0.2) is 0 Å². The lowest BCUT2D eigenvalue weighted by Crippen LogP contribution is -2.54. The maximum Gasteiger partial charge on any atom is 0.323 e. The maximum atomic E-state index is 11.6. The Balaban J connectivity index is 2.64. The second kappa shape index (κ2) is 7.96. The Hall–Kier alpha value is -0.650. The number of hydrogen-bond donors (Lipinski definition) is 2. The molecule has 0 aromatic heterocycles. The molecule has 0 saturated carbocycles. The Bertz CT molecular complexity index is 311. The molecular weight excluding hydrogens is 256 g/mol. The van der Waals surface area contributed by atoms with Gasteiger partial charge in [-0.15, -0.1) is 0 Å². The summed E-state index contributed by atoms with van der Waals surface area (Å²) in [5.74, 6) is -0.767. The van der Waals surface area contributed by atoms with E-state index in [0.29, 0.717) is 6.42 Å². The van der Waals surface area contributed by atoms with Gasteiger partial charge in [0.1, 0.15) is 5.54 Å². The SMILES string of the molecule is CCCNC(C)(CC(C)N1CCCOC(C)C1)C(=O)O. The molecular formula is C15H30N2O3. The van der Waals surface area contributed by atoms with E-state index in [2.05, 4.69) is 24.1 Å². The highest BCUT2D eigenvalue weighted by atomic mass is 16.5. The number of nitrogens with one attached hydrogen (secondary N) is 1. The van der Waals surface area contributed by atoms with E-state index in [1.54, 1.807) is 6.92 Å². The van der Waals surface area contributed by atoms with Crippen LogP contribution in [-0.2, 0) is 9.53 Å². The summed E-state index contributed by atoms with van der Waals surface area (Å²) in [4.78, 5) is 13.9. The minimum atomic E-state index is -0.855. The van der Waals surface area contributed by atoms with Crippen LogP contribution in [0.1, 0.15) is 47.0 Å². The topological polar surface area (TPSA) is 61.8 Å². The fourth-order valence-corrected chi connectivity index (χ4v) is 2.78. The van der Waals surface area contributed by atoms with E-state index in [-0.39, 0.29) is 12.1 Å². The van der Waals surface area contributed by atoms with Crippen molar-refractivity contribution in [2.24, 2.45) is 0 Å². The molecule has 1 aliphatic rings. The van der Waals surface area contributed by atoms with Crippen LogP contribution in [-0.4, -0.2) is 59.9 Å². The zero-order valence-corrected chi connectivity index (χ0v) is 13.3. The summed E-state index contributed by atoms with van der Waals surface area (Å²) in [6, 6.07) is 0.226. The van der Waals surface area contributed by atoms with Gasteiger partial charge in [-0.2, -0.15) is 0 Å². The van der Waals surface area contributed by atoms with Crippen LogP contribution in [0.5, 0.6) is 0 Å². The molecule has 1 heterocycles. The Kier molecular flexibility index (Phi) is 6.92. The lowest BCUT2D eigenvalue weighted by molar-refractivity contribution is -0.145. The van der Waals surface area contributed by atoms with Crippen LogP contribution < -0.4 is 5.32 Å². The van der Waals surface area contributed by atoms with Gasteiger partial charge in [0.2, 0.25) is 0 Å². The number of carboxylic acid groups (broad SMARTS) is 1. The summed E-state index contributed by atoms with van der Waals surface area (Å²) in [7, 11) is 0. The minimum Gasteiger partial charge on any atom is -0.480 e. The number of rotatable bonds is 7. The highest BCUT2D eigenvalue weighted by molar-refractivity contribution is 5.78. The molecule has 5 nitrogen and oxygen atoms in total. The highest BCUT2D eigenvalue weighted by Crippen LogP contribution is 2.19. The molecule has 2 N–H and O–H groups in total. The first-order valence-electron chi connectivity index (χ1n) is 7.73. The molecule has 5 heteroatoms. The molecule has 1 rings (SSSR count). The number of carbonyl (C=O) groups is 1. The summed E-state index contributed by atoms with van der Waals surface area (Å²) < 4.78 is 5.65.